The first-order valence-corrected chi connectivity index (χ1v) is 4.80. The molecule has 4 heteroatoms. The minimum absolute atomic E-state index is 0.305. The van der Waals surface area contributed by atoms with Crippen LogP contribution in [0.15, 0.2) is 10.5 Å². The van der Waals surface area contributed by atoms with Crippen LogP contribution in [-0.2, 0) is 0 Å². The van der Waals surface area contributed by atoms with Crippen molar-refractivity contribution in [3.05, 3.63) is 25.5 Å². The Kier molecular flexibility index (Phi) is 2.74. The van der Waals surface area contributed by atoms with E-state index in [0.717, 1.165) is 9.13 Å². The van der Waals surface area contributed by atoms with Crippen LogP contribution in [0, 0.1) is 16.3 Å². The zero-order valence-electron chi connectivity index (χ0n) is 5.79. The molecular formula is C7H6BrFIN. The second-order valence-electron chi connectivity index (χ2n) is 2.20. The van der Waals surface area contributed by atoms with Gasteiger partial charge in [-0.05, 0) is 57.1 Å². The largest absolute Gasteiger partial charge is 0.398 e. The van der Waals surface area contributed by atoms with Gasteiger partial charge in [0.25, 0.3) is 0 Å². The van der Waals surface area contributed by atoms with Gasteiger partial charge in [-0.2, -0.15) is 0 Å². The summed E-state index contributed by atoms with van der Waals surface area (Å²) in [6.45, 7) is 1.82. The van der Waals surface area contributed by atoms with Crippen molar-refractivity contribution in [3.63, 3.8) is 0 Å². The Morgan fingerprint density at radius 2 is 2.18 bits per heavy atom. The molecule has 1 rings (SSSR count). The van der Waals surface area contributed by atoms with E-state index < -0.39 is 0 Å². The summed E-state index contributed by atoms with van der Waals surface area (Å²) in [6, 6.07) is 1.32. The third-order valence-electron chi connectivity index (χ3n) is 1.40. The highest BCUT2D eigenvalue weighted by Gasteiger charge is 2.08. The first-order chi connectivity index (χ1) is 5.04. The molecule has 0 aliphatic heterocycles. The van der Waals surface area contributed by atoms with Gasteiger partial charge in [-0.25, -0.2) is 4.39 Å². The van der Waals surface area contributed by atoms with Crippen molar-refractivity contribution >= 4 is 44.2 Å². The molecule has 0 saturated heterocycles. The average Bonchev–Trinajstić information content (AvgIpc) is 1.97. The molecule has 2 N–H and O–H groups in total. The highest BCUT2D eigenvalue weighted by molar-refractivity contribution is 14.1. The van der Waals surface area contributed by atoms with Crippen molar-refractivity contribution in [3.8, 4) is 0 Å². The van der Waals surface area contributed by atoms with E-state index in [9.17, 15) is 4.39 Å². The molecule has 0 bridgehead atoms. The van der Waals surface area contributed by atoms with Crippen LogP contribution in [0.4, 0.5) is 10.1 Å². The molecule has 0 fully saturated rings. The number of nitrogens with two attached hydrogens (primary N) is 1. The van der Waals surface area contributed by atoms with Gasteiger partial charge in [-0.1, -0.05) is 0 Å². The number of benzene rings is 1. The minimum Gasteiger partial charge on any atom is -0.398 e. The predicted molar refractivity (Wildman–Crippen MR) is 56.0 cm³/mol. The van der Waals surface area contributed by atoms with Crippen molar-refractivity contribution in [2.24, 2.45) is 0 Å². The normalized spacial score (nSPS) is 10.2. The lowest BCUT2D eigenvalue weighted by Crippen LogP contribution is -1.95. The van der Waals surface area contributed by atoms with Crippen molar-refractivity contribution < 1.29 is 4.39 Å². The Morgan fingerprint density at radius 1 is 1.64 bits per heavy atom. The maximum atomic E-state index is 12.9. The maximum absolute atomic E-state index is 12.9. The molecule has 0 amide bonds. The van der Waals surface area contributed by atoms with Crippen molar-refractivity contribution in [1.29, 1.82) is 0 Å². The number of rotatable bonds is 0. The standard InChI is InChI=1S/C7H6BrFIN/c1-3-6(8)4(9)2-5(11)7(3)10/h2H,11H2,1H3. The van der Waals surface area contributed by atoms with E-state index in [-0.39, 0.29) is 5.82 Å². The molecular weight excluding hydrogens is 324 g/mol. The highest BCUT2D eigenvalue weighted by Crippen LogP contribution is 2.28. The van der Waals surface area contributed by atoms with E-state index >= 15 is 0 Å². The SMILES string of the molecule is Cc1c(Br)c(F)cc(N)c1I. The summed E-state index contributed by atoms with van der Waals surface area (Å²) in [6.07, 6.45) is 0. The molecule has 0 heterocycles. The molecule has 0 atom stereocenters. The topological polar surface area (TPSA) is 26.0 Å². The van der Waals surface area contributed by atoms with Gasteiger partial charge in [-0.15, -0.1) is 0 Å². The minimum atomic E-state index is -0.305. The average molecular weight is 330 g/mol. The zero-order valence-corrected chi connectivity index (χ0v) is 9.53. The number of anilines is 1. The van der Waals surface area contributed by atoms with Crippen molar-refractivity contribution in [1.82, 2.24) is 0 Å². The van der Waals surface area contributed by atoms with E-state index in [0.29, 0.717) is 10.2 Å². The number of halogens is 3. The van der Waals surface area contributed by atoms with Crippen LogP contribution in [0.25, 0.3) is 0 Å². The third kappa shape index (κ3) is 1.66. The first kappa shape index (κ1) is 9.25. The third-order valence-corrected chi connectivity index (χ3v) is 3.81. The summed E-state index contributed by atoms with van der Waals surface area (Å²) in [5.74, 6) is -0.305. The summed E-state index contributed by atoms with van der Waals surface area (Å²) in [5, 5.41) is 0. The van der Waals surface area contributed by atoms with Crippen LogP contribution < -0.4 is 5.73 Å². The lowest BCUT2D eigenvalue weighted by atomic mass is 10.2. The Morgan fingerprint density at radius 3 is 2.73 bits per heavy atom. The molecule has 0 radical (unpaired) electrons. The number of hydrogen-bond donors (Lipinski definition) is 1. The van der Waals surface area contributed by atoms with Crippen LogP contribution in [0.5, 0.6) is 0 Å². The quantitative estimate of drug-likeness (QED) is 0.442. The lowest BCUT2D eigenvalue weighted by Gasteiger charge is -2.05. The number of nitrogen functional groups attached to an aromatic ring is 1. The van der Waals surface area contributed by atoms with E-state index in [1.165, 1.54) is 6.07 Å². The molecule has 1 aromatic carbocycles. The second-order valence-corrected chi connectivity index (χ2v) is 4.07. The Hall–Kier alpha value is 0.160. The summed E-state index contributed by atoms with van der Waals surface area (Å²) in [7, 11) is 0. The Balaban J connectivity index is 3.46. The summed E-state index contributed by atoms with van der Waals surface area (Å²) < 4.78 is 14.3. The molecule has 0 spiro atoms. The van der Waals surface area contributed by atoms with Gasteiger partial charge < -0.3 is 5.73 Å². The zero-order chi connectivity index (χ0) is 8.59. The highest BCUT2D eigenvalue weighted by atomic mass is 127. The van der Waals surface area contributed by atoms with Gasteiger partial charge in [0.2, 0.25) is 0 Å². The van der Waals surface area contributed by atoms with Gasteiger partial charge in [0.05, 0.1) is 4.47 Å². The van der Waals surface area contributed by atoms with Gasteiger partial charge in [-0.3, -0.25) is 0 Å². The van der Waals surface area contributed by atoms with Crippen LogP contribution in [0.3, 0.4) is 0 Å². The van der Waals surface area contributed by atoms with E-state index in [1.807, 2.05) is 6.92 Å². The fraction of sp³-hybridized carbons (Fsp3) is 0.143. The van der Waals surface area contributed by atoms with Crippen molar-refractivity contribution in [2.45, 2.75) is 6.92 Å². The van der Waals surface area contributed by atoms with E-state index in [1.54, 1.807) is 0 Å². The van der Waals surface area contributed by atoms with Gasteiger partial charge >= 0.3 is 0 Å². The second kappa shape index (κ2) is 3.26. The van der Waals surface area contributed by atoms with Crippen LogP contribution in [0.2, 0.25) is 0 Å². The molecule has 0 aliphatic carbocycles. The first-order valence-electron chi connectivity index (χ1n) is 2.93. The van der Waals surface area contributed by atoms with Crippen LogP contribution in [0.1, 0.15) is 5.56 Å². The molecule has 1 aromatic rings. The molecule has 0 saturated carbocycles. The van der Waals surface area contributed by atoms with Crippen molar-refractivity contribution in [2.75, 3.05) is 5.73 Å². The summed E-state index contributed by atoms with van der Waals surface area (Å²) >= 11 is 5.22. The molecule has 0 aliphatic rings. The Labute approximate surface area is 86.4 Å². The number of hydrogen-bond acceptors (Lipinski definition) is 1. The maximum Gasteiger partial charge on any atom is 0.139 e. The molecule has 0 unspecified atom stereocenters. The molecule has 11 heavy (non-hydrogen) atoms. The fourth-order valence-corrected chi connectivity index (χ4v) is 1.86. The molecule has 0 aromatic heterocycles. The smallest absolute Gasteiger partial charge is 0.139 e. The van der Waals surface area contributed by atoms with E-state index in [4.69, 9.17) is 5.73 Å². The monoisotopic (exact) mass is 329 g/mol. The van der Waals surface area contributed by atoms with Gasteiger partial charge in [0.1, 0.15) is 5.82 Å². The van der Waals surface area contributed by atoms with Gasteiger partial charge in [0, 0.05) is 9.26 Å². The summed E-state index contributed by atoms with van der Waals surface area (Å²) in [5.41, 5.74) is 6.86. The molecule has 1 nitrogen and oxygen atoms in total. The van der Waals surface area contributed by atoms with Gasteiger partial charge in [0.15, 0.2) is 0 Å². The van der Waals surface area contributed by atoms with E-state index in [2.05, 4.69) is 38.5 Å². The lowest BCUT2D eigenvalue weighted by molar-refractivity contribution is 0.620. The Bertz CT molecular complexity index is 275. The predicted octanol–water partition coefficient (Wildman–Crippen LogP) is 3.08. The van der Waals surface area contributed by atoms with Crippen LogP contribution >= 0.6 is 38.5 Å². The van der Waals surface area contributed by atoms with Crippen LogP contribution in [-0.4, -0.2) is 0 Å². The molecule has 60 valence electrons. The fourth-order valence-electron chi connectivity index (χ4n) is 0.755. The summed E-state index contributed by atoms with van der Waals surface area (Å²) in [4.78, 5) is 0.